The highest BCUT2D eigenvalue weighted by Gasteiger charge is 2.23. The molecule has 1 saturated heterocycles. The number of fused-ring (bicyclic) bond motifs is 1. The van der Waals surface area contributed by atoms with Crippen LogP contribution in [-0.2, 0) is 22.7 Å². The molecule has 0 bridgehead atoms. The molecule has 6 heteroatoms. The largest absolute Gasteiger partial charge is 0.381 e. The monoisotopic (exact) mass is 407 g/mol. The summed E-state index contributed by atoms with van der Waals surface area (Å²) in [5, 5.41) is 6.17. The van der Waals surface area contributed by atoms with Crippen LogP contribution < -0.4 is 0 Å². The number of Topliss-reactive ketones (excluding diaryl/α,β-unsaturated/α-hetero) is 1. The number of nitrogens with zero attached hydrogens (tertiary/aromatic N) is 1. The molecule has 1 aliphatic heterocycles. The fourth-order valence-electron chi connectivity index (χ4n) is 3.84. The fourth-order valence-corrected chi connectivity index (χ4v) is 3.84. The third-order valence-electron chi connectivity index (χ3n) is 5.62. The number of rotatable bonds is 9. The number of carbonyl (C=O) groups excluding carboxylic acids is 2. The predicted molar refractivity (Wildman–Crippen MR) is 111 cm³/mol. The van der Waals surface area contributed by atoms with Crippen molar-refractivity contribution in [1.29, 1.82) is 0 Å². The van der Waals surface area contributed by atoms with Crippen molar-refractivity contribution in [2.45, 2.75) is 38.9 Å². The summed E-state index contributed by atoms with van der Waals surface area (Å²) in [7, 11) is 0. The Kier molecular flexibility index (Phi) is 6.67. The summed E-state index contributed by atoms with van der Waals surface area (Å²) < 4.78 is 16.3. The molecule has 156 valence electrons. The Bertz CT molecular complexity index is 1020. The maximum atomic E-state index is 12.5. The summed E-state index contributed by atoms with van der Waals surface area (Å²) in [5.41, 5.74) is 1.33. The minimum atomic E-state index is -0.159. The van der Waals surface area contributed by atoms with Crippen molar-refractivity contribution in [2.24, 2.45) is 5.92 Å². The normalized spacial score (nSPS) is 14.8. The predicted octanol–water partition coefficient (Wildman–Crippen LogP) is 4.75. The number of hydrogen-bond acceptors (Lipinski definition) is 6. The van der Waals surface area contributed by atoms with Gasteiger partial charge in [-0.2, -0.15) is 0 Å². The average Bonchev–Trinajstić information content (AvgIpc) is 3.21. The molecule has 0 aliphatic carbocycles. The minimum absolute atomic E-state index is 0.0845. The molecular formula is C24H25NO5. The quantitative estimate of drug-likeness (QED) is 0.376. The fraction of sp³-hybridized carbons (Fsp3) is 0.375. The molecule has 6 nitrogen and oxygen atoms in total. The average molecular weight is 407 g/mol. The highest BCUT2D eigenvalue weighted by molar-refractivity contribution is 6.01. The molecule has 0 radical (unpaired) electrons. The van der Waals surface area contributed by atoms with Crippen LogP contribution in [0.15, 0.2) is 47.0 Å². The summed E-state index contributed by atoms with van der Waals surface area (Å²) in [6.45, 7) is 1.96. The highest BCUT2D eigenvalue weighted by Crippen LogP contribution is 2.23. The van der Waals surface area contributed by atoms with Crippen molar-refractivity contribution >= 4 is 22.8 Å². The molecule has 0 N–H and O–H groups in total. The molecule has 3 aromatic rings. The van der Waals surface area contributed by atoms with E-state index in [4.69, 9.17) is 14.0 Å². The molecule has 2 heterocycles. The van der Waals surface area contributed by atoms with Crippen LogP contribution in [0.1, 0.15) is 57.9 Å². The molecule has 0 atom stereocenters. The topological polar surface area (TPSA) is 78.6 Å². The van der Waals surface area contributed by atoms with Crippen molar-refractivity contribution in [1.82, 2.24) is 5.16 Å². The molecule has 0 unspecified atom stereocenters. The van der Waals surface area contributed by atoms with Crippen LogP contribution in [0.25, 0.3) is 10.8 Å². The molecule has 4 rings (SSSR count). The van der Waals surface area contributed by atoms with Gasteiger partial charge < -0.3 is 14.0 Å². The van der Waals surface area contributed by atoms with Gasteiger partial charge in [0.2, 0.25) is 0 Å². The van der Waals surface area contributed by atoms with E-state index in [0.29, 0.717) is 31.0 Å². The molecule has 0 amide bonds. The smallest absolute Gasteiger partial charge is 0.185 e. The molecule has 30 heavy (non-hydrogen) atoms. The van der Waals surface area contributed by atoms with E-state index in [1.165, 1.54) is 5.39 Å². The van der Waals surface area contributed by atoms with Crippen molar-refractivity contribution in [2.75, 3.05) is 13.2 Å². The lowest BCUT2D eigenvalue weighted by Gasteiger charge is -2.21. The highest BCUT2D eigenvalue weighted by atomic mass is 16.5. The summed E-state index contributed by atoms with van der Waals surface area (Å²) in [6.07, 6.45) is 3.71. The third kappa shape index (κ3) is 4.83. The van der Waals surface area contributed by atoms with Gasteiger partial charge in [0.1, 0.15) is 6.61 Å². The Hall–Kier alpha value is -2.83. The van der Waals surface area contributed by atoms with Crippen LogP contribution in [0.4, 0.5) is 0 Å². The lowest BCUT2D eigenvalue weighted by molar-refractivity contribution is 0.0618. The van der Waals surface area contributed by atoms with Crippen LogP contribution in [0, 0.1) is 5.92 Å². The van der Waals surface area contributed by atoms with Gasteiger partial charge in [-0.05, 0) is 47.6 Å². The van der Waals surface area contributed by atoms with Gasteiger partial charge in [0.25, 0.3) is 0 Å². The lowest BCUT2D eigenvalue weighted by Crippen LogP contribution is -2.17. The number of hydrogen-bond donors (Lipinski definition) is 0. The lowest BCUT2D eigenvalue weighted by atomic mass is 9.93. The zero-order chi connectivity index (χ0) is 20.8. The van der Waals surface area contributed by atoms with E-state index >= 15 is 0 Å². The van der Waals surface area contributed by atoms with E-state index in [1.54, 1.807) is 0 Å². The Morgan fingerprint density at radius 2 is 1.90 bits per heavy atom. The number of ether oxygens (including phenoxy) is 2. The maximum Gasteiger partial charge on any atom is 0.185 e. The van der Waals surface area contributed by atoms with Gasteiger partial charge in [-0.3, -0.25) is 9.59 Å². The number of aromatic nitrogens is 1. The number of carbonyl (C=O) groups is 2. The second-order valence-electron chi connectivity index (χ2n) is 7.68. The van der Waals surface area contributed by atoms with Gasteiger partial charge in [-0.1, -0.05) is 41.6 Å². The molecule has 0 spiro atoms. The van der Waals surface area contributed by atoms with E-state index in [1.807, 2.05) is 18.2 Å². The Morgan fingerprint density at radius 3 is 2.70 bits per heavy atom. The summed E-state index contributed by atoms with van der Waals surface area (Å²) in [4.78, 5) is 24.1. The summed E-state index contributed by atoms with van der Waals surface area (Å²) >= 11 is 0. The second kappa shape index (κ2) is 9.78. The third-order valence-corrected chi connectivity index (χ3v) is 5.62. The van der Waals surface area contributed by atoms with Crippen molar-refractivity contribution in [3.63, 3.8) is 0 Å². The first kappa shape index (κ1) is 20.4. The molecule has 0 saturated carbocycles. The van der Waals surface area contributed by atoms with Crippen LogP contribution in [-0.4, -0.2) is 30.4 Å². The van der Waals surface area contributed by atoms with E-state index in [-0.39, 0.29) is 23.6 Å². The first-order chi connectivity index (χ1) is 14.7. The van der Waals surface area contributed by atoms with Crippen LogP contribution in [0.2, 0.25) is 0 Å². The van der Waals surface area contributed by atoms with E-state index < -0.39 is 0 Å². The molecule has 1 aromatic heterocycles. The van der Waals surface area contributed by atoms with Gasteiger partial charge in [-0.25, -0.2) is 0 Å². The molecule has 1 aliphatic rings. The summed E-state index contributed by atoms with van der Waals surface area (Å²) in [6, 6.07) is 14.2. The van der Waals surface area contributed by atoms with Gasteiger partial charge in [0.15, 0.2) is 23.5 Å². The van der Waals surface area contributed by atoms with Crippen molar-refractivity contribution in [3.8, 4) is 0 Å². The minimum Gasteiger partial charge on any atom is -0.381 e. The van der Waals surface area contributed by atoms with Crippen molar-refractivity contribution < 1.29 is 23.6 Å². The zero-order valence-electron chi connectivity index (χ0n) is 16.8. The molecular weight excluding hydrogens is 382 g/mol. The Morgan fingerprint density at radius 1 is 1.10 bits per heavy atom. The number of benzene rings is 2. The van der Waals surface area contributed by atoms with Gasteiger partial charge >= 0.3 is 0 Å². The number of ketones is 1. The van der Waals surface area contributed by atoms with Crippen LogP contribution in [0.3, 0.4) is 0 Å². The van der Waals surface area contributed by atoms with Gasteiger partial charge in [-0.15, -0.1) is 0 Å². The van der Waals surface area contributed by atoms with Crippen molar-refractivity contribution in [3.05, 3.63) is 65.0 Å². The zero-order valence-corrected chi connectivity index (χ0v) is 16.8. The Balaban J connectivity index is 1.34. The van der Waals surface area contributed by atoms with E-state index in [0.717, 1.165) is 43.4 Å². The maximum absolute atomic E-state index is 12.5. The SMILES string of the molecule is O=Cc1c(C(=O)CCC2CCOCC2)noc1COCc1ccc2ccccc2c1. The van der Waals surface area contributed by atoms with E-state index in [2.05, 4.69) is 29.4 Å². The standard InChI is InChI=1S/C24H25NO5/c26-14-21-23(16-29-15-18-5-7-19-3-1-2-4-20(19)13-18)30-25-24(21)22(27)8-6-17-9-11-28-12-10-17/h1-5,7,13-14,17H,6,8-12,15-16H2. The first-order valence-electron chi connectivity index (χ1n) is 10.3. The Labute approximate surface area is 175 Å². The van der Waals surface area contributed by atoms with Gasteiger partial charge in [0, 0.05) is 19.6 Å². The molecule has 1 fully saturated rings. The second-order valence-corrected chi connectivity index (χ2v) is 7.68. The number of aldehydes is 1. The summed E-state index contributed by atoms with van der Waals surface area (Å²) in [5.74, 6) is 0.618. The first-order valence-corrected chi connectivity index (χ1v) is 10.3. The van der Waals surface area contributed by atoms with Crippen LogP contribution in [0.5, 0.6) is 0 Å². The molecule has 2 aromatic carbocycles. The van der Waals surface area contributed by atoms with Crippen LogP contribution >= 0.6 is 0 Å². The van der Waals surface area contributed by atoms with E-state index in [9.17, 15) is 9.59 Å². The van der Waals surface area contributed by atoms with Gasteiger partial charge in [0.05, 0.1) is 12.2 Å².